The summed E-state index contributed by atoms with van der Waals surface area (Å²) in [6, 6.07) is 5.88. The average Bonchev–Trinajstić information content (AvgIpc) is 2.83. The van der Waals surface area contributed by atoms with Crippen LogP contribution in [0.15, 0.2) is 24.3 Å². The fourth-order valence-corrected chi connectivity index (χ4v) is 3.90. The van der Waals surface area contributed by atoms with Gasteiger partial charge in [0.15, 0.2) is 0 Å². The Balaban J connectivity index is 1.86. The van der Waals surface area contributed by atoms with E-state index in [4.69, 9.17) is 0 Å². The van der Waals surface area contributed by atoms with Gasteiger partial charge in [-0.1, -0.05) is 0 Å². The lowest BCUT2D eigenvalue weighted by Crippen LogP contribution is -2.29. The van der Waals surface area contributed by atoms with E-state index in [-0.39, 0.29) is 29.7 Å². The Labute approximate surface area is 146 Å². The van der Waals surface area contributed by atoms with Gasteiger partial charge in [-0.2, -0.15) is 0 Å². The van der Waals surface area contributed by atoms with Gasteiger partial charge in [0.1, 0.15) is 0 Å². The van der Waals surface area contributed by atoms with E-state index in [0.29, 0.717) is 18.7 Å². The van der Waals surface area contributed by atoms with Crippen LogP contribution in [0.4, 0.5) is 5.69 Å². The molecule has 0 aliphatic carbocycles. The van der Waals surface area contributed by atoms with Crippen LogP contribution in [-0.2, 0) is 19.6 Å². The van der Waals surface area contributed by atoms with Crippen LogP contribution in [0.1, 0.15) is 36.5 Å². The number of benzene rings is 1. The summed E-state index contributed by atoms with van der Waals surface area (Å²) >= 11 is 0. The highest BCUT2D eigenvalue weighted by molar-refractivity contribution is 7.94. The molecule has 0 radical (unpaired) electrons. The average molecular weight is 367 g/mol. The van der Waals surface area contributed by atoms with Crippen molar-refractivity contribution in [3.05, 3.63) is 29.8 Å². The van der Waals surface area contributed by atoms with E-state index in [2.05, 4.69) is 10.6 Å². The molecule has 0 atom stereocenters. The van der Waals surface area contributed by atoms with Crippen molar-refractivity contribution >= 4 is 33.4 Å². The van der Waals surface area contributed by atoms with Crippen LogP contribution in [-0.4, -0.2) is 45.0 Å². The molecule has 136 valence electrons. The first-order valence-corrected chi connectivity index (χ1v) is 9.61. The third-order valence-corrected chi connectivity index (χ3v) is 5.40. The van der Waals surface area contributed by atoms with Crippen molar-refractivity contribution in [2.24, 2.45) is 0 Å². The van der Waals surface area contributed by atoms with Crippen molar-refractivity contribution in [2.75, 3.05) is 23.1 Å². The van der Waals surface area contributed by atoms with E-state index in [1.165, 1.54) is 31.2 Å². The van der Waals surface area contributed by atoms with Gasteiger partial charge in [0.2, 0.25) is 21.8 Å². The number of rotatable bonds is 7. The molecular weight excluding hydrogens is 346 g/mol. The van der Waals surface area contributed by atoms with Crippen LogP contribution in [0.5, 0.6) is 0 Å². The molecule has 0 spiro atoms. The molecule has 0 unspecified atom stereocenters. The number of nitrogens with zero attached hydrogens (tertiary/aromatic N) is 1. The topological polar surface area (TPSA) is 113 Å². The maximum atomic E-state index is 12.0. The monoisotopic (exact) mass is 367 g/mol. The van der Waals surface area contributed by atoms with Crippen molar-refractivity contribution in [1.29, 1.82) is 0 Å². The first kappa shape index (κ1) is 18.9. The Morgan fingerprint density at radius 3 is 2.20 bits per heavy atom. The second kappa shape index (κ2) is 8.11. The molecule has 0 aromatic heterocycles. The van der Waals surface area contributed by atoms with E-state index < -0.39 is 15.9 Å². The SMILES string of the molecule is CC(=O)NCCCCNC(=O)c1ccc(N2C(=O)CCS2(=O)=O)cc1. The fraction of sp³-hybridized carbons (Fsp3) is 0.438. The van der Waals surface area contributed by atoms with Crippen molar-refractivity contribution in [1.82, 2.24) is 10.6 Å². The standard InChI is InChI=1S/C16H21N3O5S/c1-12(20)17-9-2-3-10-18-16(22)13-4-6-14(7-5-13)19-15(21)8-11-25(19,23)24/h4-7H,2-3,8-11H2,1H3,(H,17,20)(H,18,22). The Hall–Kier alpha value is -2.42. The van der Waals surface area contributed by atoms with Gasteiger partial charge in [0, 0.05) is 32.0 Å². The molecule has 9 heteroatoms. The molecule has 8 nitrogen and oxygen atoms in total. The van der Waals surface area contributed by atoms with Gasteiger partial charge >= 0.3 is 0 Å². The number of hydrogen-bond acceptors (Lipinski definition) is 5. The number of nitrogens with one attached hydrogen (secondary N) is 2. The first-order valence-electron chi connectivity index (χ1n) is 8.00. The van der Waals surface area contributed by atoms with E-state index >= 15 is 0 Å². The molecular formula is C16H21N3O5S. The number of carbonyl (C=O) groups is 3. The zero-order valence-electron chi connectivity index (χ0n) is 13.9. The van der Waals surface area contributed by atoms with Crippen LogP contribution in [0, 0.1) is 0 Å². The van der Waals surface area contributed by atoms with E-state index in [9.17, 15) is 22.8 Å². The summed E-state index contributed by atoms with van der Waals surface area (Å²) in [5, 5.41) is 5.43. The third-order valence-electron chi connectivity index (χ3n) is 3.71. The molecule has 25 heavy (non-hydrogen) atoms. The predicted octanol–water partition coefficient (Wildman–Crippen LogP) is 0.399. The lowest BCUT2D eigenvalue weighted by Gasteiger charge is -2.15. The third kappa shape index (κ3) is 5.02. The highest BCUT2D eigenvalue weighted by Crippen LogP contribution is 2.25. The molecule has 3 amide bonds. The molecule has 0 bridgehead atoms. The molecule has 1 fully saturated rings. The minimum Gasteiger partial charge on any atom is -0.356 e. The van der Waals surface area contributed by atoms with E-state index in [1.807, 2.05) is 0 Å². The molecule has 1 aliphatic rings. The quantitative estimate of drug-likeness (QED) is 0.678. The van der Waals surface area contributed by atoms with Gasteiger partial charge in [-0.3, -0.25) is 14.4 Å². The maximum absolute atomic E-state index is 12.0. The first-order chi connectivity index (χ1) is 11.8. The number of hydrogen-bond donors (Lipinski definition) is 2. The van der Waals surface area contributed by atoms with E-state index in [1.54, 1.807) is 0 Å². The lowest BCUT2D eigenvalue weighted by atomic mass is 10.2. The molecule has 1 aromatic rings. The summed E-state index contributed by atoms with van der Waals surface area (Å²) in [5.41, 5.74) is 0.629. The zero-order chi connectivity index (χ0) is 18.4. The molecule has 1 saturated heterocycles. The van der Waals surface area contributed by atoms with Crippen molar-refractivity contribution in [3.8, 4) is 0 Å². The Morgan fingerprint density at radius 2 is 1.68 bits per heavy atom. The fourth-order valence-electron chi connectivity index (χ4n) is 2.44. The second-order valence-corrected chi connectivity index (χ2v) is 7.65. The van der Waals surface area contributed by atoms with Crippen LogP contribution < -0.4 is 14.9 Å². The van der Waals surface area contributed by atoms with Gasteiger partial charge in [0.05, 0.1) is 11.4 Å². The van der Waals surface area contributed by atoms with Crippen LogP contribution in [0.2, 0.25) is 0 Å². The normalized spacial score (nSPS) is 15.9. The Kier molecular flexibility index (Phi) is 6.13. The van der Waals surface area contributed by atoms with Crippen LogP contribution in [0.25, 0.3) is 0 Å². The molecule has 1 aliphatic heterocycles. The van der Waals surface area contributed by atoms with E-state index in [0.717, 1.165) is 17.1 Å². The minimum absolute atomic E-state index is 0.0247. The largest absolute Gasteiger partial charge is 0.356 e. The molecule has 2 rings (SSSR count). The van der Waals surface area contributed by atoms with Gasteiger partial charge in [-0.05, 0) is 37.1 Å². The van der Waals surface area contributed by atoms with Crippen molar-refractivity contribution < 1.29 is 22.8 Å². The molecule has 1 heterocycles. The minimum atomic E-state index is -3.60. The van der Waals surface area contributed by atoms with Gasteiger partial charge in [-0.15, -0.1) is 0 Å². The lowest BCUT2D eigenvalue weighted by molar-refractivity contribution is -0.119. The van der Waals surface area contributed by atoms with Crippen LogP contribution >= 0.6 is 0 Å². The summed E-state index contributed by atoms with van der Waals surface area (Å²) in [5.74, 6) is -1.01. The summed E-state index contributed by atoms with van der Waals surface area (Å²) in [6.07, 6.45) is 1.46. The summed E-state index contributed by atoms with van der Waals surface area (Å²) < 4.78 is 24.5. The van der Waals surface area contributed by atoms with Gasteiger partial charge < -0.3 is 10.6 Å². The van der Waals surface area contributed by atoms with Crippen molar-refractivity contribution in [2.45, 2.75) is 26.2 Å². The van der Waals surface area contributed by atoms with Gasteiger partial charge in [-0.25, -0.2) is 12.7 Å². The summed E-state index contributed by atoms with van der Waals surface area (Å²) in [7, 11) is -3.60. The van der Waals surface area contributed by atoms with Gasteiger partial charge in [0.25, 0.3) is 5.91 Å². The second-order valence-electron chi connectivity index (χ2n) is 5.72. The zero-order valence-corrected chi connectivity index (χ0v) is 14.8. The summed E-state index contributed by atoms with van der Waals surface area (Å²) in [6.45, 7) is 2.49. The highest BCUT2D eigenvalue weighted by atomic mass is 32.2. The number of unbranched alkanes of at least 4 members (excludes halogenated alkanes) is 1. The molecule has 2 N–H and O–H groups in total. The number of sulfonamides is 1. The number of carbonyl (C=O) groups excluding carboxylic acids is 3. The summed E-state index contributed by atoms with van der Waals surface area (Å²) in [4.78, 5) is 34.5. The van der Waals surface area contributed by atoms with Crippen molar-refractivity contribution in [3.63, 3.8) is 0 Å². The molecule has 1 aromatic carbocycles. The number of anilines is 1. The predicted molar refractivity (Wildman–Crippen MR) is 92.6 cm³/mol. The number of amides is 3. The Morgan fingerprint density at radius 1 is 1.08 bits per heavy atom. The highest BCUT2D eigenvalue weighted by Gasteiger charge is 2.36. The molecule has 0 saturated carbocycles. The van der Waals surface area contributed by atoms with Crippen LogP contribution in [0.3, 0.4) is 0 Å². The smallest absolute Gasteiger partial charge is 0.251 e. The maximum Gasteiger partial charge on any atom is 0.251 e. The Bertz CT molecular complexity index is 758.